The van der Waals surface area contributed by atoms with E-state index in [1.807, 2.05) is 6.07 Å². The van der Waals surface area contributed by atoms with Gasteiger partial charge in [-0.2, -0.15) is 0 Å². The first-order chi connectivity index (χ1) is 11.6. The van der Waals surface area contributed by atoms with Crippen LogP contribution in [0.15, 0.2) is 18.2 Å². The first kappa shape index (κ1) is 17.2. The van der Waals surface area contributed by atoms with Crippen LogP contribution in [0.3, 0.4) is 0 Å². The Morgan fingerprint density at radius 2 is 2.08 bits per heavy atom. The SMILES string of the molecule is CCCNC1CC(C)NC(NC(=O)Nc2ccc3c(c2)CCC3)N1. The average molecular weight is 331 g/mol. The van der Waals surface area contributed by atoms with Gasteiger partial charge in [0, 0.05) is 11.7 Å². The molecule has 6 nitrogen and oxygen atoms in total. The summed E-state index contributed by atoms with van der Waals surface area (Å²) in [7, 11) is 0. The Morgan fingerprint density at radius 3 is 2.92 bits per heavy atom. The highest BCUT2D eigenvalue weighted by Gasteiger charge is 2.25. The topological polar surface area (TPSA) is 77.2 Å². The predicted octanol–water partition coefficient (Wildman–Crippen LogP) is 1.88. The Balaban J connectivity index is 1.52. The molecule has 1 fully saturated rings. The highest BCUT2D eigenvalue weighted by atomic mass is 16.2. The second kappa shape index (κ2) is 7.96. The summed E-state index contributed by atoms with van der Waals surface area (Å²) in [5, 5.41) is 16.1. The van der Waals surface area contributed by atoms with Gasteiger partial charge in [0.2, 0.25) is 0 Å². The molecule has 1 aromatic carbocycles. The minimum Gasteiger partial charge on any atom is -0.310 e. The van der Waals surface area contributed by atoms with Gasteiger partial charge in [0.15, 0.2) is 0 Å². The second-order valence-corrected chi connectivity index (χ2v) is 6.85. The number of benzene rings is 1. The van der Waals surface area contributed by atoms with E-state index in [4.69, 9.17) is 0 Å². The fourth-order valence-electron chi connectivity index (χ4n) is 3.52. The number of carbonyl (C=O) groups is 1. The third kappa shape index (κ3) is 4.47. The number of hydrogen-bond acceptors (Lipinski definition) is 4. The molecule has 1 aliphatic heterocycles. The summed E-state index contributed by atoms with van der Waals surface area (Å²) < 4.78 is 0. The van der Waals surface area contributed by atoms with E-state index < -0.39 is 0 Å². The third-order valence-corrected chi connectivity index (χ3v) is 4.68. The van der Waals surface area contributed by atoms with Gasteiger partial charge in [-0.3, -0.25) is 10.6 Å². The summed E-state index contributed by atoms with van der Waals surface area (Å²) >= 11 is 0. The van der Waals surface area contributed by atoms with Gasteiger partial charge in [0.25, 0.3) is 0 Å². The van der Waals surface area contributed by atoms with Crippen molar-refractivity contribution in [1.82, 2.24) is 21.3 Å². The van der Waals surface area contributed by atoms with E-state index in [9.17, 15) is 4.79 Å². The van der Waals surface area contributed by atoms with Crippen molar-refractivity contribution in [2.24, 2.45) is 0 Å². The lowest BCUT2D eigenvalue weighted by molar-refractivity contribution is 0.194. The van der Waals surface area contributed by atoms with Crippen LogP contribution in [0.4, 0.5) is 10.5 Å². The lowest BCUT2D eigenvalue weighted by Gasteiger charge is -2.36. The number of amides is 2. The molecule has 1 aliphatic carbocycles. The summed E-state index contributed by atoms with van der Waals surface area (Å²) in [6.07, 6.45) is 5.54. The van der Waals surface area contributed by atoms with E-state index in [0.29, 0.717) is 6.04 Å². The lowest BCUT2D eigenvalue weighted by atomic mass is 10.1. The maximum atomic E-state index is 12.3. The first-order valence-electron chi connectivity index (χ1n) is 9.09. The van der Waals surface area contributed by atoms with Gasteiger partial charge < -0.3 is 16.0 Å². The van der Waals surface area contributed by atoms with E-state index in [1.165, 1.54) is 17.5 Å². The Bertz CT molecular complexity index is 577. The highest BCUT2D eigenvalue weighted by Crippen LogP contribution is 2.24. The van der Waals surface area contributed by atoms with Gasteiger partial charge in [-0.1, -0.05) is 13.0 Å². The van der Waals surface area contributed by atoms with Crippen LogP contribution in [0.25, 0.3) is 0 Å². The summed E-state index contributed by atoms with van der Waals surface area (Å²) in [5.74, 6) is 0. The molecule has 0 bridgehead atoms. The van der Waals surface area contributed by atoms with Crippen molar-refractivity contribution in [3.8, 4) is 0 Å². The van der Waals surface area contributed by atoms with Crippen LogP contribution in [0, 0.1) is 0 Å². The Kier molecular flexibility index (Phi) is 5.71. The van der Waals surface area contributed by atoms with E-state index in [2.05, 4.69) is 52.6 Å². The van der Waals surface area contributed by atoms with Gasteiger partial charge in [-0.15, -0.1) is 0 Å². The predicted molar refractivity (Wildman–Crippen MR) is 96.8 cm³/mol. The molecule has 24 heavy (non-hydrogen) atoms. The Hall–Kier alpha value is -1.63. The number of anilines is 1. The smallest absolute Gasteiger partial charge is 0.310 e. The zero-order valence-electron chi connectivity index (χ0n) is 14.6. The maximum Gasteiger partial charge on any atom is 0.321 e. The molecule has 0 aromatic heterocycles. The van der Waals surface area contributed by atoms with Crippen LogP contribution in [0.5, 0.6) is 0 Å². The molecule has 2 amide bonds. The van der Waals surface area contributed by atoms with Crippen LogP contribution >= 0.6 is 0 Å². The van der Waals surface area contributed by atoms with Gasteiger partial charge >= 0.3 is 6.03 Å². The Labute approximate surface area is 144 Å². The average Bonchev–Trinajstić information content (AvgIpc) is 3.00. The minimum absolute atomic E-state index is 0.193. The normalized spacial score (nSPS) is 26.0. The molecule has 3 atom stereocenters. The fourth-order valence-corrected chi connectivity index (χ4v) is 3.52. The minimum atomic E-state index is -0.238. The molecule has 0 spiro atoms. The fraction of sp³-hybridized carbons (Fsp3) is 0.611. The summed E-state index contributed by atoms with van der Waals surface area (Å²) in [6.45, 7) is 5.25. The summed E-state index contributed by atoms with van der Waals surface area (Å²) in [6, 6.07) is 6.35. The van der Waals surface area contributed by atoms with Crippen molar-refractivity contribution >= 4 is 11.7 Å². The van der Waals surface area contributed by atoms with Crippen LogP contribution in [-0.2, 0) is 12.8 Å². The molecule has 0 saturated carbocycles. The molecule has 0 radical (unpaired) electrons. The van der Waals surface area contributed by atoms with Crippen molar-refractivity contribution in [3.05, 3.63) is 29.3 Å². The van der Waals surface area contributed by atoms with Crippen molar-refractivity contribution < 1.29 is 4.79 Å². The molecule has 6 heteroatoms. The lowest BCUT2D eigenvalue weighted by Crippen LogP contribution is -2.67. The number of nitrogens with one attached hydrogen (secondary N) is 5. The molecule has 1 aromatic rings. The van der Waals surface area contributed by atoms with E-state index in [0.717, 1.165) is 37.9 Å². The number of hydrogen-bond donors (Lipinski definition) is 5. The standard InChI is InChI=1S/C18H29N5O/c1-3-9-19-16-10-12(2)20-17(22-16)23-18(24)21-15-8-7-13-5-4-6-14(13)11-15/h7-8,11-12,16-17,19-20,22H,3-6,9-10H2,1-2H3,(H2,21,23,24). The molecular weight excluding hydrogens is 302 g/mol. The zero-order chi connectivity index (χ0) is 16.9. The maximum absolute atomic E-state index is 12.3. The van der Waals surface area contributed by atoms with Gasteiger partial charge in [-0.05, 0) is 68.8 Å². The number of urea groups is 1. The number of fused-ring (bicyclic) bond motifs is 1. The van der Waals surface area contributed by atoms with Crippen molar-refractivity contribution in [1.29, 1.82) is 0 Å². The van der Waals surface area contributed by atoms with Crippen LogP contribution in [0.1, 0.15) is 44.2 Å². The first-order valence-corrected chi connectivity index (χ1v) is 9.09. The van der Waals surface area contributed by atoms with Gasteiger partial charge in [0.05, 0.1) is 6.17 Å². The largest absolute Gasteiger partial charge is 0.321 e. The Morgan fingerprint density at radius 1 is 1.25 bits per heavy atom. The highest BCUT2D eigenvalue weighted by molar-refractivity contribution is 5.89. The van der Waals surface area contributed by atoms with Gasteiger partial charge in [0.1, 0.15) is 6.29 Å². The molecule has 5 N–H and O–H groups in total. The zero-order valence-corrected chi connectivity index (χ0v) is 14.6. The van der Waals surface area contributed by atoms with E-state index in [-0.39, 0.29) is 18.5 Å². The number of aryl methyl sites for hydroxylation is 2. The summed E-state index contributed by atoms with van der Waals surface area (Å²) in [4.78, 5) is 12.3. The molecular formula is C18H29N5O. The third-order valence-electron chi connectivity index (χ3n) is 4.68. The van der Waals surface area contributed by atoms with E-state index >= 15 is 0 Å². The molecule has 3 unspecified atom stereocenters. The van der Waals surface area contributed by atoms with Crippen LogP contribution in [-0.4, -0.2) is 31.1 Å². The van der Waals surface area contributed by atoms with Crippen molar-refractivity contribution in [2.75, 3.05) is 11.9 Å². The summed E-state index contributed by atoms with van der Waals surface area (Å²) in [5.41, 5.74) is 3.63. The number of rotatable bonds is 5. The van der Waals surface area contributed by atoms with Crippen LogP contribution in [0.2, 0.25) is 0 Å². The molecule has 1 heterocycles. The molecule has 2 aliphatic rings. The van der Waals surface area contributed by atoms with Crippen molar-refractivity contribution in [3.63, 3.8) is 0 Å². The molecule has 1 saturated heterocycles. The quantitative estimate of drug-likeness (QED) is 0.571. The monoisotopic (exact) mass is 331 g/mol. The second-order valence-electron chi connectivity index (χ2n) is 6.85. The van der Waals surface area contributed by atoms with Gasteiger partial charge in [-0.25, -0.2) is 4.79 Å². The van der Waals surface area contributed by atoms with E-state index in [1.54, 1.807) is 0 Å². The molecule has 132 valence electrons. The molecule has 3 rings (SSSR count). The number of carbonyl (C=O) groups excluding carboxylic acids is 1. The van der Waals surface area contributed by atoms with Crippen LogP contribution < -0.4 is 26.6 Å². The van der Waals surface area contributed by atoms with Crippen molar-refractivity contribution in [2.45, 2.75) is 64.4 Å².